The van der Waals surface area contributed by atoms with Crippen molar-refractivity contribution < 1.29 is 19.1 Å². The van der Waals surface area contributed by atoms with Crippen LogP contribution in [0.15, 0.2) is 21.4 Å². The Kier molecular flexibility index (Phi) is 4.06. The molecule has 1 N–H and O–H groups in total. The lowest BCUT2D eigenvalue weighted by molar-refractivity contribution is -0.138. The van der Waals surface area contributed by atoms with E-state index in [2.05, 4.69) is 15.9 Å². The highest BCUT2D eigenvalue weighted by molar-refractivity contribution is 9.10. The summed E-state index contributed by atoms with van der Waals surface area (Å²) in [6.45, 7) is 1.21. The second-order valence-corrected chi connectivity index (χ2v) is 5.16. The van der Waals surface area contributed by atoms with Crippen LogP contribution in [0.25, 0.3) is 0 Å². The van der Waals surface area contributed by atoms with E-state index in [9.17, 15) is 9.59 Å². The van der Waals surface area contributed by atoms with Crippen molar-refractivity contribution in [3.63, 3.8) is 0 Å². The molecule has 1 aliphatic heterocycles. The molecule has 18 heavy (non-hydrogen) atoms. The molecule has 0 saturated carbocycles. The van der Waals surface area contributed by atoms with Gasteiger partial charge in [-0.05, 0) is 40.8 Å². The molecule has 0 aliphatic carbocycles. The van der Waals surface area contributed by atoms with Gasteiger partial charge < -0.3 is 14.4 Å². The Balaban J connectivity index is 1.92. The predicted octanol–water partition coefficient (Wildman–Crippen LogP) is 2.37. The number of carbonyl (C=O) groups is 2. The molecule has 6 heteroatoms. The molecule has 0 aromatic carbocycles. The quantitative estimate of drug-likeness (QED) is 0.929. The third-order valence-corrected chi connectivity index (χ3v) is 3.83. The maximum atomic E-state index is 12.1. The topological polar surface area (TPSA) is 70.8 Å². The minimum atomic E-state index is -0.766. The van der Waals surface area contributed by atoms with Crippen molar-refractivity contribution in [3.8, 4) is 0 Å². The number of rotatable bonds is 3. The zero-order chi connectivity index (χ0) is 13.1. The first-order valence-electron chi connectivity index (χ1n) is 5.82. The minimum Gasteiger partial charge on any atom is -0.481 e. The Hall–Kier alpha value is -1.30. The second kappa shape index (κ2) is 5.56. The fraction of sp³-hybridized carbons (Fsp3) is 0.500. The van der Waals surface area contributed by atoms with Crippen LogP contribution in [0, 0.1) is 5.92 Å². The van der Waals surface area contributed by atoms with E-state index in [1.165, 1.54) is 6.26 Å². The number of piperidine rings is 1. The van der Waals surface area contributed by atoms with Crippen molar-refractivity contribution in [1.29, 1.82) is 0 Å². The van der Waals surface area contributed by atoms with Gasteiger partial charge in [0, 0.05) is 19.5 Å². The van der Waals surface area contributed by atoms with Crippen LogP contribution in [0.1, 0.15) is 29.6 Å². The molecule has 5 nitrogen and oxygen atoms in total. The summed E-state index contributed by atoms with van der Waals surface area (Å²) in [6.07, 6.45) is 3.15. The Bertz CT molecular complexity index is 449. The SMILES string of the molecule is O=C(O)CC1CCN(C(=O)c2ccoc2Br)CC1. The first-order chi connectivity index (χ1) is 8.58. The Labute approximate surface area is 113 Å². The zero-order valence-corrected chi connectivity index (χ0v) is 11.4. The number of likely N-dealkylation sites (tertiary alicyclic amines) is 1. The van der Waals surface area contributed by atoms with Gasteiger partial charge in [0.25, 0.3) is 5.91 Å². The number of furan rings is 1. The van der Waals surface area contributed by atoms with Crippen LogP contribution in [0.4, 0.5) is 0 Å². The van der Waals surface area contributed by atoms with Crippen LogP contribution >= 0.6 is 15.9 Å². The fourth-order valence-electron chi connectivity index (χ4n) is 2.20. The van der Waals surface area contributed by atoms with Crippen LogP contribution in [-0.4, -0.2) is 35.0 Å². The number of hydrogen-bond acceptors (Lipinski definition) is 3. The normalized spacial score (nSPS) is 16.8. The molecule has 0 radical (unpaired) electrons. The molecule has 1 saturated heterocycles. The Morgan fingerprint density at radius 3 is 2.61 bits per heavy atom. The summed E-state index contributed by atoms with van der Waals surface area (Å²) >= 11 is 3.19. The summed E-state index contributed by atoms with van der Waals surface area (Å²) in [5.41, 5.74) is 0.520. The van der Waals surface area contributed by atoms with Gasteiger partial charge in [0.1, 0.15) is 0 Å². The number of carboxylic acid groups (broad SMARTS) is 1. The molecular weight excluding hydrogens is 302 g/mol. The molecular formula is C12H14BrNO4. The van der Waals surface area contributed by atoms with Crippen molar-refractivity contribution >= 4 is 27.8 Å². The van der Waals surface area contributed by atoms with Crippen molar-refractivity contribution in [2.45, 2.75) is 19.3 Å². The van der Waals surface area contributed by atoms with E-state index < -0.39 is 5.97 Å². The number of aliphatic carboxylic acids is 1. The van der Waals surface area contributed by atoms with Crippen molar-refractivity contribution in [3.05, 3.63) is 22.6 Å². The molecule has 1 fully saturated rings. The van der Waals surface area contributed by atoms with Crippen LogP contribution in [0.3, 0.4) is 0 Å². The van der Waals surface area contributed by atoms with E-state index in [-0.39, 0.29) is 18.2 Å². The van der Waals surface area contributed by atoms with Crippen LogP contribution in [0.5, 0.6) is 0 Å². The van der Waals surface area contributed by atoms with Gasteiger partial charge in [-0.25, -0.2) is 0 Å². The summed E-state index contributed by atoms with van der Waals surface area (Å²) < 4.78 is 5.49. The highest BCUT2D eigenvalue weighted by Gasteiger charge is 2.26. The molecule has 0 unspecified atom stereocenters. The highest BCUT2D eigenvalue weighted by atomic mass is 79.9. The molecule has 0 spiro atoms. The lowest BCUT2D eigenvalue weighted by Gasteiger charge is -2.31. The van der Waals surface area contributed by atoms with Gasteiger partial charge in [0.05, 0.1) is 11.8 Å². The maximum Gasteiger partial charge on any atom is 0.303 e. The van der Waals surface area contributed by atoms with Gasteiger partial charge in [-0.1, -0.05) is 0 Å². The van der Waals surface area contributed by atoms with Crippen molar-refractivity contribution in [2.24, 2.45) is 5.92 Å². The molecule has 98 valence electrons. The average Bonchev–Trinajstić information content (AvgIpc) is 2.75. The number of carboxylic acids is 1. The van der Waals surface area contributed by atoms with Crippen LogP contribution in [-0.2, 0) is 4.79 Å². The Morgan fingerprint density at radius 1 is 1.44 bits per heavy atom. The summed E-state index contributed by atoms with van der Waals surface area (Å²) in [4.78, 5) is 24.5. The summed E-state index contributed by atoms with van der Waals surface area (Å²) in [6, 6.07) is 1.63. The van der Waals surface area contributed by atoms with E-state index in [1.807, 2.05) is 0 Å². The molecule has 1 aliphatic rings. The third kappa shape index (κ3) is 2.93. The second-order valence-electron chi connectivity index (χ2n) is 4.44. The van der Waals surface area contributed by atoms with E-state index in [0.717, 1.165) is 12.8 Å². The largest absolute Gasteiger partial charge is 0.481 e. The first-order valence-corrected chi connectivity index (χ1v) is 6.61. The van der Waals surface area contributed by atoms with Gasteiger partial charge in [0.15, 0.2) is 4.67 Å². The first kappa shape index (κ1) is 13.1. The fourth-order valence-corrected chi connectivity index (χ4v) is 2.61. The number of carbonyl (C=O) groups excluding carboxylic acids is 1. The number of halogens is 1. The van der Waals surface area contributed by atoms with Gasteiger partial charge in [-0.3, -0.25) is 9.59 Å². The molecule has 2 heterocycles. The Morgan fingerprint density at radius 2 is 2.11 bits per heavy atom. The van der Waals surface area contributed by atoms with Crippen molar-refractivity contribution in [1.82, 2.24) is 4.90 Å². The van der Waals surface area contributed by atoms with Crippen molar-refractivity contribution in [2.75, 3.05) is 13.1 Å². The van der Waals surface area contributed by atoms with E-state index in [4.69, 9.17) is 9.52 Å². The highest BCUT2D eigenvalue weighted by Crippen LogP contribution is 2.24. The summed E-state index contributed by atoms with van der Waals surface area (Å²) in [7, 11) is 0. The maximum absolute atomic E-state index is 12.1. The summed E-state index contributed by atoms with van der Waals surface area (Å²) in [5, 5.41) is 8.73. The third-order valence-electron chi connectivity index (χ3n) is 3.21. The molecule has 1 amide bonds. The standard InChI is InChI=1S/C12H14BrNO4/c13-11-9(3-6-18-11)12(17)14-4-1-8(2-5-14)7-10(15)16/h3,6,8H,1-2,4-5,7H2,(H,15,16). The van der Waals surface area contributed by atoms with Gasteiger partial charge in [0.2, 0.25) is 0 Å². The van der Waals surface area contributed by atoms with E-state index >= 15 is 0 Å². The zero-order valence-electron chi connectivity index (χ0n) is 9.76. The molecule has 2 rings (SSSR count). The van der Waals surface area contributed by atoms with E-state index in [0.29, 0.717) is 23.3 Å². The van der Waals surface area contributed by atoms with Gasteiger partial charge in [-0.2, -0.15) is 0 Å². The minimum absolute atomic E-state index is 0.0654. The number of amides is 1. The molecule has 0 atom stereocenters. The predicted molar refractivity (Wildman–Crippen MR) is 67.3 cm³/mol. The van der Waals surface area contributed by atoms with Gasteiger partial charge in [-0.15, -0.1) is 0 Å². The number of hydrogen-bond donors (Lipinski definition) is 1. The summed E-state index contributed by atoms with van der Waals surface area (Å²) in [5.74, 6) is -0.652. The molecule has 1 aromatic rings. The monoisotopic (exact) mass is 315 g/mol. The lowest BCUT2D eigenvalue weighted by Crippen LogP contribution is -2.38. The van der Waals surface area contributed by atoms with Gasteiger partial charge >= 0.3 is 5.97 Å². The smallest absolute Gasteiger partial charge is 0.303 e. The molecule has 0 bridgehead atoms. The average molecular weight is 316 g/mol. The number of nitrogens with zero attached hydrogens (tertiary/aromatic N) is 1. The van der Waals surface area contributed by atoms with E-state index in [1.54, 1.807) is 11.0 Å². The van der Waals surface area contributed by atoms with Crippen LogP contribution < -0.4 is 0 Å². The lowest BCUT2D eigenvalue weighted by atomic mass is 9.93. The molecule has 1 aromatic heterocycles. The van der Waals surface area contributed by atoms with Crippen LogP contribution in [0.2, 0.25) is 0 Å².